The Morgan fingerprint density at radius 1 is 0.885 bits per heavy atom. The van der Waals surface area contributed by atoms with Crippen molar-refractivity contribution in [2.45, 2.75) is 31.2 Å². The van der Waals surface area contributed by atoms with Gasteiger partial charge in [0.25, 0.3) is 10.0 Å². The van der Waals surface area contributed by atoms with Crippen LogP contribution in [-0.4, -0.2) is 20.2 Å². The number of hydrogen-bond acceptors (Lipinski definition) is 4. The fourth-order valence-corrected chi connectivity index (χ4v) is 2.94. The molecule has 0 saturated heterocycles. The third-order valence-electron chi connectivity index (χ3n) is 3.57. The highest BCUT2D eigenvalue weighted by atomic mass is 32.2. The zero-order valence-electron chi connectivity index (χ0n) is 14.4. The third-order valence-corrected chi connectivity index (χ3v) is 4.83. The average molecular weight is 375 g/mol. The van der Waals surface area contributed by atoms with Crippen LogP contribution < -0.4 is 15.6 Å². The number of rotatable bonds is 8. The van der Waals surface area contributed by atoms with Crippen LogP contribution in [0.4, 0.5) is 0 Å². The summed E-state index contributed by atoms with van der Waals surface area (Å²) in [6.07, 6.45) is -0.165. The zero-order chi connectivity index (χ0) is 19.0. The van der Waals surface area contributed by atoms with Crippen molar-refractivity contribution in [1.29, 1.82) is 0 Å². The van der Waals surface area contributed by atoms with Crippen LogP contribution in [0.1, 0.15) is 24.0 Å². The van der Waals surface area contributed by atoms with Crippen LogP contribution in [0.2, 0.25) is 0 Å². The van der Waals surface area contributed by atoms with Crippen molar-refractivity contribution in [3.63, 3.8) is 0 Å². The predicted molar refractivity (Wildman–Crippen MR) is 97.2 cm³/mol. The Morgan fingerprint density at radius 3 is 2.15 bits per heavy atom. The standard InChI is InChI=1S/C18H21N3O4S/c1-14-7-9-16(10-8-14)26(24,25)21-20-18(23)12-11-17(22)19-13-15-5-3-2-4-6-15/h2-10,21H,11-13H2,1H3,(H,19,22)(H,20,23). The molecule has 0 heterocycles. The normalized spacial score (nSPS) is 11.0. The number of sulfonamides is 1. The Kier molecular flexibility index (Phi) is 6.88. The first-order valence-corrected chi connectivity index (χ1v) is 9.53. The quantitative estimate of drug-likeness (QED) is 0.607. The lowest BCUT2D eigenvalue weighted by molar-refractivity contribution is -0.126. The van der Waals surface area contributed by atoms with E-state index in [1.165, 1.54) is 12.1 Å². The summed E-state index contributed by atoms with van der Waals surface area (Å²) in [4.78, 5) is 25.5. The molecule has 7 nitrogen and oxygen atoms in total. The van der Waals surface area contributed by atoms with E-state index in [1.54, 1.807) is 12.1 Å². The molecule has 2 rings (SSSR count). The molecule has 0 aliphatic heterocycles. The summed E-state index contributed by atoms with van der Waals surface area (Å²) in [6, 6.07) is 15.6. The molecule has 0 aliphatic rings. The minimum atomic E-state index is -3.84. The molecule has 138 valence electrons. The van der Waals surface area contributed by atoms with E-state index in [4.69, 9.17) is 0 Å². The molecule has 2 amide bonds. The van der Waals surface area contributed by atoms with Gasteiger partial charge < -0.3 is 5.32 Å². The Labute approximate surface area is 152 Å². The van der Waals surface area contributed by atoms with E-state index >= 15 is 0 Å². The number of benzene rings is 2. The van der Waals surface area contributed by atoms with E-state index < -0.39 is 15.9 Å². The molecular formula is C18H21N3O4S. The summed E-state index contributed by atoms with van der Waals surface area (Å²) < 4.78 is 24.1. The van der Waals surface area contributed by atoms with E-state index in [0.717, 1.165) is 11.1 Å². The van der Waals surface area contributed by atoms with E-state index in [2.05, 4.69) is 10.7 Å². The first kappa shape index (κ1) is 19.6. The number of carbonyl (C=O) groups is 2. The van der Waals surface area contributed by atoms with Crippen molar-refractivity contribution in [2.75, 3.05) is 0 Å². The third kappa shape index (κ3) is 6.30. The fourth-order valence-electron chi connectivity index (χ4n) is 2.07. The first-order valence-electron chi connectivity index (χ1n) is 8.05. The second kappa shape index (κ2) is 9.12. The van der Waals surface area contributed by atoms with Crippen LogP contribution in [0.5, 0.6) is 0 Å². The summed E-state index contributed by atoms with van der Waals surface area (Å²) in [5.74, 6) is -0.874. The maximum atomic E-state index is 12.0. The first-order chi connectivity index (χ1) is 12.4. The molecule has 2 aromatic rings. The van der Waals surface area contributed by atoms with E-state index in [9.17, 15) is 18.0 Å². The number of hydrazine groups is 1. The molecular weight excluding hydrogens is 354 g/mol. The summed E-state index contributed by atoms with van der Waals surface area (Å²) in [5.41, 5.74) is 3.99. The molecule has 0 aromatic heterocycles. The van der Waals surface area contributed by atoms with Crippen LogP contribution in [0.25, 0.3) is 0 Å². The van der Waals surface area contributed by atoms with Gasteiger partial charge in [0.05, 0.1) is 4.90 Å². The molecule has 0 fully saturated rings. The molecule has 0 atom stereocenters. The lowest BCUT2D eigenvalue weighted by atomic mass is 10.2. The van der Waals surface area contributed by atoms with Gasteiger partial charge in [-0.15, -0.1) is 4.83 Å². The van der Waals surface area contributed by atoms with Crippen molar-refractivity contribution >= 4 is 21.8 Å². The Bertz CT molecular complexity index is 850. The van der Waals surface area contributed by atoms with Gasteiger partial charge in [0.1, 0.15) is 0 Å². The van der Waals surface area contributed by atoms with Gasteiger partial charge in [-0.25, -0.2) is 8.42 Å². The minimum Gasteiger partial charge on any atom is -0.352 e. The second-order valence-electron chi connectivity index (χ2n) is 5.73. The second-order valence-corrected chi connectivity index (χ2v) is 7.41. The van der Waals surface area contributed by atoms with Gasteiger partial charge in [0.2, 0.25) is 11.8 Å². The molecule has 3 N–H and O–H groups in total. The summed E-state index contributed by atoms with van der Waals surface area (Å²) >= 11 is 0. The number of nitrogens with one attached hydrogen (secondary N) is 3. The maximum Gasteiger partial charge on any atom is 0.257 e. The number of carbonyl (C=O) groups excluding carboxylic acids is 2. The van der Waals surface area contributed by atoms with Crippen LogP contribution in [0, 0.1) is 6.92 Å². The Balaban J connectivity index is 1.73. The van der Waals surface area contributed by atoms with Crippen molar-refractivity contribution < 1.29 is 18.0 Å². The highest BCUT2D eigenvalue weighted by molar-refractivity contribution is 7.89. The molecule has 26 heavy (non-hydrogen) atoms. The van der Waals surface area contributed by atoms with Crippen LogP contribution in [-0.2, 0) is 26.2 Å². The molecule has 0 saturated carbocycles. The molecule has 0 aliphatic carbocycles. The molecule has 8 heteroatoms. The highest BCUT2D eigenvalue weighted by Crippen LogP contribution is 2.09. The minimum absolute atomic E-state index is 0.0368. The van der Waals surface area contributed by atoms with E-state index in [1.807, 2.05) is 42.1 Å². The van der Waals surface area contributed by atoms with Gasteiger partial charge in [-0.3, -0.25) is 15.0 Å². The lowest BCUT2D eigenvalue weighted by Crippen LogP contribution is -2.41. The summed E-state index contributed by atoms with van der Waals surface area (Å²) in [5, 5.41) is 2.70. The number of amides is 2. The largest absolute Gasteiger partial charge is 0.352 e. The van der Waals surface area contributed by atoms with E-state index in [-0.39, 0.29) is 23.6 Å². The smallest absolute Gasteiger partial charge is 0.257 e. The van der Waals surface area contributed by atoms with Crippen molar-refractivity contribution in [1.82, 2.24) is 15.6 Å². The van der Waals surface area contributed by atoms with Crippen molar-refractivity contribution in [3.05, 3.63) is 65.7 Å². The molecule has 2 aromatic carbocycles. The van der Waals surface area contributed by atoms with Gasteiger partial charge in [-0.2, -0.15) is 0 Å². The average Bonchev–Trinajstić information content (AvgIpc) is 2.64. The number of hydrogen-bond donors (Lipinski definition) is 3. The number of aryl methyl sites for hydroxylation is 1. The predicted octanol–water partition coefficient (Wildman–Crippen LogP) is 1.40. The van der Waals surface area contributed by atoms with Gasteiger partial charge in [-0.1, -0.05) is 48.0 Å². The van der Waals surface area contributed by atoms with Crippen molar-refractivity contribution in [2.24, 2.45) is 0 Å². The van der Waals surface area contributed by atoms with Crippen LogP contribution in [0.15, 0.2) is 59.5 Å². The van der Waals surface area contributed by atoms with Crippen molar-refractivity contribution in [3.8, 4) is 0 Å². The van der Waals surface area contributed by atoms with Crippen LogP contribution in [0.3, 0.4) is 0 Å². The molecule has 0 bridgehead atoms. The van der Waals surface area contributed by atoms with Crippen LogP contribution >= 0.6 is 0 Å². The fraction of sp³-hybridized carbons (Fsp3) is 0.222. The Morgan fingerprint density at radius 2 is 1.50 bits per heavy atom. The summed E-state index contributed by atoms with van der Waals surface area (Å²) in [7, 11) is -3.84. The van der Waals surface area contributed by atoms with Gasteiger partial charge >= 0.3 is 0 Å². The molecule has 0 radical (unpaired) electrons. The van der Waals surface area contributed by atoms with Gasteiger partial charge in [0, 0.05) is 19.4 Å². The highest BCUT2D eigenvalue weighted by Gasteiger charge is 2.15. The molecule has 0 unspecified atom stereocenters. The van der Waals surface area contributed by atoms with Gasteiger partial charge in [0.15, 0.2) is 0 Å². The monoisotopic (exact) mass is 375 g/mol. The molecule has 0 spiro atoms. The lowest BCUT2D eigenvalue weighted by Gasteiger charge is -2.09. The SMILES string of the molecule is Cc1ccc(S(=O)(=O)NNC(=O)CCC(=O)NCc2ccccc2)cc1. The topological polar surface area (TPSA) is 104 Å². The summed E-state index contributed by atoms with van der Waals surface area (Å²) in [6.45, 7) is 2.22. The van der Waals surface area contributed by atoms with Gasteiger partial charge in [-0.05, 0) is 24.6 Å². The zero-order valence-corrected chi connectivity index (χ0v) is 15.2. The van der Waals surface area contributed by atoms with E-state index in [0.29, 0.717) is 6.54 Å². The Hall–Kier alpha value is -2.71. The maximum absolute atomic E-state index is 12.0.